The summed E-state index contributed by atoms with van der Waals surface area (Å²) in [7, 11) is 0. The molecule has 2 unspecified atom stereocenters. The first kappa shape index (κ1) is 15.1. The molecule has 0 saturated heterocycles. The molecule has 2 heterocycles. The van der Waals surface area contributed by atoms with Crippen LogP contribution in [-0.4, -0.2) is 11.5 Å². The molecule has 0 bridgehead atoms. The van der Waals surface area contributed by atoms with Gasteiger partial charge in [0.1, 0.15) is 0 Å². The smallest absolute Gasteiger partial charge is 0.0962 e. The summed E-state index contributed by atoms with van der Waals surface area (Å²) in [5, 5.41) is 0. The first-order chi connectivity index (χ1) is 13.5. The number of hydrogen-bond donors (Lipinski definition) is 0. The first-order valence-electron chi connectivity index (χ1n) is 10.1. The number of fused-ring (bicyclic) bond motifs is 3. The summed E-state index contributed by atoms with van der Waals surface area (Å²) in [6.07, 6.45) is 0. The molecule has 0 aromatic heterocycles. The molecule has 2 nitrogen and oxygen atoms in total. The van der Waals surface area contributed by atoms with Gasteiger partial charge in [0, 0.05) is 16.9 Å². The molecule has 27 heavy (non-hydrogen) atoms. The Labute approximate surface area is 162 Å². The fourth-order valence-electron chi connectivity index (χ4n) is 4.59. The van der Waals surface area contributed by atoms with Crippen LogP contribution in [0.1, 0.15) is 37.5 Å². The zero-order valence-electron chi connectivity index (χ0n) is 17.0. The Kier molecular flexibility index (Phi) is 3.21. The largest absolute Gasteiger partial charge is 0.338 e. The number of rotatable bonds is 2. The highest BCUT2D eigenvalue weighted by Crippen LogP contribution is 2.53. The Morgan fingerprint density at radius 1 is 0.852 bits per heavy atom. The Balaban J connectivity index is 1.77. The van der Waals surface area contributed by atoms with E-state index in [1.54, 1.807) is 0 Å². The number of aryl methyl sites for hydroxylation is 1. The summed E-state index contributed by atoms with van der Waals surface area (Å²) in [4.78, 5) is 4.45. The van der Waals surface area contributed by atoms with Crippen LogP contribution in [0.15, 0.2) is 84.6 Å². The van der Waals surface area contributed by atoms with Crippen LogP contribution in [0.3, 0.4) is 0 Å². The Hall–Kier alpha value is -3.00. The van der Waals surface area contributed by atoms with E-state index in [-0.39, 0.29) is 5.54 Å². The van der Waals surface area contributed by atoms with Crippen LogP contribution in [0.5, 0.6) is 0 Å². The van der Waals surface area contributed by atoms with Crippen LogP contribution in [0.4, 0.5) is 5.69 Å². The summed E-state index contributed by atoms with van der Waals surface area (Å²) < 4.78 is 9.27. The quantitative estimate of drug-likeness (QED) is 0.579. The van der Waals surface area contributed by atoms with Gasteiger partial charge in [-0.05, 0) is 43.5 Å². The molecule has 0 radical (unpaired) electrons. The number of hydrogen-bond acceptors (Lipinski definition) is 2. The minimum atomic E-state index is -0.520. The Bertz CT molecular complexity index is 1090. The van der Waals surface area contributed by atoms with Crippen molar-refractivity contribution in [3.63, 3.8) is 0 Å². The summed E-state index contributed by atoms with van der Waals surface area (Å²) in [6.45, 7) is 6.00. The molecular weight excluding hydrogens is 328 g/mol. The molecule has 0 N–H and O–H groups in total. The second-order valence-electron chi connectivity index (χ2n) is 7.56. The van der Waals surface area contributed by atoms with E-state index in [4.69, 9.17) is 0 Å². The van der Waals surface area contributed by atoms with Gasteiger partial charge in [-0.1, -0.05) is 72.8 Å². The van der Waals surface area contributed by atoms with Crippen LogP contribution in [0, 0.1) is 6.92 Å². The van der Waals surface area contributed by atoms with Gasteiger partial charge in [0.15, 0.2) is 0 Å². The highest BCUT2D eigenvalue weighted by Gasteiger charge is 2.49. The zero-order valence-corrected chi connectivity index (χ0v) is 16.0. The minimum absolute atomic E-state index is 0.377. The third-order valence-corrected chi connectivity index (χ3v) is 6.08. The number of para-hydroxylation sites is 1. The summed E-state index contributed by atoms with van der Waals surface area (Å²) >= 11 is 0. The molecule has 134 valence electrons. The molecule has 3 aromatic rings. The maximum absolute atomic E-state index is 9.27. The van der Waals surface area contributed by atoms with Crippen LogP contribution in [0.2, 0.25) is 0 Å². The lowest BCUT2D eigenvalue weighted by Gasteiger charge is -2.38. The molecule has 0 spiro atoms. The van der Waals surface area contributed by atoms with Gasteiger partial charge in [0.2, 0.25) is 0 Å². The van der Waals surface area contributed by atoms with Gasteiger partial charge in [0.25, 0.3) is 0 Å². The highest BCUT2D eigenvalue weighted by molar-refractivity contribution is 5.83. The van der Waals surface area contributed by atoms with Crippen LogP contribution >= 0.6 is 0 Å². The summed E-state index contributed by atoms with van der Waals surface area (Å²) in [5.41, 5.74) is 7.96. The van der Waals surface area contributed by atoms with Gasteiger partial charge in [-0.25, -0.2) is 0 Å². The number of benzene rings is 3. The third-order valence-electron chi connectivity index (χ3n) is 6.08. The molecule has 2 aliphatic rings. The molecule has 0 fully saturated rings. The van der Waals surface area contributed by atoms with E-state index in [9.17, 15) is 1.37 Å². The maximum atomic E-state index is 9.27. The van der Waals surface area contributed by atoms with Crippen molar-refractivity contribution in [3.05, 3.63) is 107 Å². The molecule has 2 atom stereocenters. The van der Waals surface area contributed by atoms with Crippen molar-refractivity contribution in [3.8, 4) is 0 Å². The first-order valence-corrected chi connectivity index (χ1v) is 9.48. The van der Waals surface area contributed by atoms with E-state index in [0.717, 1.165) is 11.4 Å². The van der Waals surface area contributed by atoms with Crippen molar-refractivity contribution >= 4 is 11.4 Å². The predicted molar refractivity (Wildman–Crippen MR) is 112 cm³/mol. The Morgan fingerprint density at radius 3 is 2.30 bits per heavy atom. The van der Waals surface area contributed by atoms with Gasteiger partial charge in [-0.15, -0.1) is 0 Å². The van der Waals surface area contributed by atoms with Gasteiger partial charge >= 0.3 is 0 Å². The van der Waals surface area contributed by atoms with E-state index in [1.807, 2.05) is 0 Å². The predicted octanol–water partition coefficient (Wildman–Crippen LogP) is 5.74. The van der Waals surface area contributed by atoms with Gasteiger partial charge < -0.3 is 9.80 Å². The zero-order chi connectivity index (χ0) is 19.5. The van der Waals surface area contributed by atoms with E-state index in [2.05, 4.69) is 109 Å². The number of nitrogens with zero attached hydrogens (tertiary/aromatic N) is 2. The molecule has 0 amide bonds. The van der Waals surface area contributed by atoms with Crippen LogP contribution < -0.4 is 4.90 Å². The van der Waals surface area contributed by atoms with E-state index in [1.165, 1.54) is 28.0 Å². The average Bonchev–Trinajstić information content (AvgIpc) is 3.15. The standard InChI is InChI=1S/C25H24N2/c1-18-11-7-10-16-23(18)26-17-27-24(19(26)2)21-14-8-9-15-22(21)25(27,3)20-12-5-4-6-13-20/h4-16H,17H2,1-3H3/i17D. The fraction of sp³-hybridized carbons (Fsp3) is 0.200. The van der Waals surface area contributed by atoms with Gasteiger partial charge in [-0.3, -0.25) is 0 Å². The molecule has 2 aliphatic heterocycles. The summed E-state index contributed by atoms with van der Waals surface area (Å²) in [5.74, 6) is 0. The highest BCUT2D eigenvalue weighted by atomic mass is 15.4. The van der Waals surface area contributed by atoms with E-state index in [0.29, 0.717) is 0 Å². The lowest BCUT2D eigenvalue weighted by Crippen LogP contribution is -2.41. The topological polar surface area (TPSA) is 6.48 Å². The monoisotopic (exact) mass is 353 g/mol. The number of anilines is 1. The summed E-state index contributed by atoms with van der Waals surface area (Å²) in [6, 6.07) is 27.6. The van der Waals surface area contributed by atoms with Gasteiger partial charge in [-0.2, -0.15) is 0 Å². The van der Waals surface area contributed by atoms with Gasteiger partial charge in [0.05, 0.1) is 19.3 Å². The molecular formula is C25H24N2. The maximum Gasteiger partial charge on any atom is 0.0962 e. The van der Waals surface area contributed by atoms with Crippen molar-refractivity contribution in [1.82, 2.24) is 4.90 Å². The second kappa shape index (κ2) is 5.75. The third kappa shape index (κ3) is 2.13. The minimum Gasteiger partial charge on any atom is -0.338 e. The van der Waals surface area contributed by atoms with Crippen LogP contribution in [-0.2, 0) is 5.54 Å². The van der Waals surface area contributed by atoms with Crippen LogP contribution in [0.25, 0.3) is 5.70 Å². The lowest BCUT2D eigenvalue weighted by molar-refractivity contribution is 0.259. The van der Waals surface area contributed by atoms with E-state index >= 15 is 0 Å². The molecule has 2 heteroatoms. The molecule has 3 aromatic carbocycles. The fourth-order valence-corrected chi connectivity index (χ4v) is 4.59. The van der Waals surface area contributed by atoms with Crippen molar-refractivity contribution < 1.29 is 1.37 Å². The van der Waals surface area contributed by atoms with Crippen molar-refractivity contribution in [2.24, 2.45) is 0 Å². The Morgan fingerprint density at radius 2 is 1.52 bits per heavy atom. The molecule has 5 rings (SSSR count). The van der Waals surface area contributed by atoms with E-state index < -0.39 is 6.64 Å². The number of allylic oxidation sites excluding steroid dienone is 1. The van der Waals surface area contributed by atoms with Crippen molar-refractivity contribution in [2.45, 2.75) is 26.3 Å². The average molecular weight is 353 g/mol. The SMILES string of the molecule is [2H]C1N(c2ccccc2C)C(C)=C2c3ccccc3C(C)(c3ccccc3)N21. The molecule has 0 saturated carbocycles. The molecule has 0 aliphatic carbocycles. The lowest BCUT2D eigenvalue weighted by atomic mass is 9.84. The van der Waals surface area contributed by atoms with Crippen molar-refractivity contribution in [2.75, 3.05) is 11.5 Å². The van der Waals surface area contributed by atoms with Crippen molar-refractivity contribution in [1.29, 1.82) is 0 Å². The second-order valence-corrected chi connectivity index (χ2v) is 7.56. The normalized spacial score (nSPS) is 24.1.